The summed E-state index contributed by atoms with van der Waals surface area (Å²) in [7, 11) is -5.53. The van der Waals surface area contributed by atoms with Gasteiger partial charge in [-0.1, -0.05) is 95.2 Å². The Kier molecular flexibility index (Phi) is 9.10. The third-order valence-electron chi connectivity index (χ3n) is 12.0. The molecule has 0 N–H and O–H groups in total. The summed E-state index contributed by atoms with van der Waals surface area (Å²) < 4.78 is 65.0. The summed E-state index contributed by atoms with van der Waals surface area (Å²) >= 11 is 2.91. The van der Waals surface area contributed by atoms with Crippen LogP contribution in [0.2, 0.25) is 0 Å². The lowest BCUT2D eigenvalue weighted by atomic mass is 9.84. The molecule has 4 nitrogen and oxygen atoms in total. The number of halogens is 4. The van der Waals surface area contributed by atoms with E-state index in [2.05, 4.69) is 107 Å². The minimum atomic E-state index is -2.76. The van der Waals surface area contributed by atoms with Crippen LogP contribution < -0.4 is 0 Å². The summed E-state index contributed by atoms with van der Waals surface area (Å²) in [4.78, 5) is 10.3. The molecule has 0 radical (unpaired) electrons. The molecule has 0 unspecified atom stereocenters. The average Bonchev–Trinajstić information content (AvgIpc) is 3.91. The predicted molar refractivity (Wildman–Crippen MR) is 251 cm³/mol. The first kappa shape index (κ1) is 40.7. The molecule has 0 amide bonds. The van der Waals surface area contributed by atoms with Crippen LogP contribution in [0, 0.1) is 0 Å². The molecule has 0 atom stereocenters. The van der Waals surface area contributed by atoms with Crippen LogP contribution in [-0.2, 0) is 21.7 Å². The fourth-order valence-corrected chi connectivity index (χ4v) is 10.5. The van der Waals surface area contributed by atoms with E-state index in [1.807, 2.05) is 48.5 Å². The average molecular weight is 843 g/mol. The molecule has 60 heavy (non-hydrogen) atoms. The molecule has 0 bridgehead atoms. The van der Waals surface area contributed by atoms with Crippen molar-refractivity contribution in [3.05, 3.63) is 95.1 Å². The molecule has 306 valence electrons. The Labute approximate surface area is 357 Å². The fourth-order valence-electron chi connectivity index (χ4n) is 8.47. The van der Waals surface area contributed by atoms with Crippen LogP contribution in [0.1, 0.15) is 105 Å². The van der Waals surface area contributed by atoms with Crippen molar-refractivity contribution in [2.75, 3.05) is 0 Å². The van der Waals surface area contributed by atoms with Crippen molar-refractivity contribution in [3.8, 4) is 21.1 Å². The van der Waals surface area contributed by atoms with E-state index in [1.165, 1.54) is 22.7 Å². The van der Waals surface area contributed by atoms with Gasteiger partial charge in [-0.15, -0.1) is 22.7 Å². The van der Waals surface area contributed by atoms with Crippen LogP contribution in [0.25, 0.3) is 85.2 Å². The van der Waals surface area contributed by atoms with E-state index in [-0.39, 0.29) is 21.7 Å². The minimum Gasteiger partial charge on any atom is -0.324 e. The summed E-state index contributed by atoms with van der Waals surface area (Å²) in [6, 6.07) is 23.9. The van der Waals surface area contributed by atoms with Gasteiger partial charge in [0.25, 0.3) is 0 Å². The van der Waals surface area contributed by atoms with Crippen LogP contribution in [0.15, 0.2) is 72.8 Å². The van der Waals surface area contributed by atoms with E-state index in [1.54, 1.807) is 0 Å². The number of aromatic nitrogens is 4. The molecule has 0 aliphatic carbocycles. The molecule has 5 aromatic carbocycles. The molecule has 0 saturated heterocycles. The zero-order valence-corrected chi connectivity index (χ0v) is 37.8. The van der Waals surface area contributed by atoms with Crippen LogP contribution in [0.5, 0.6) is 0 Å². The molecule has 4 heterocycles. The third kappa shape index (κ3) is 6.55. The normalized spacial score (nSPS) is 13.3. The Morgan fingerprint density at radius 2 is 0.767 bits per heavy atom. The predicted octanol–water partition coefficient (Wildman–Crippen LogP) is 15.2. The Hall–Kier alpha value is -4.67. The second-order valence-corrected chi connectivity index (χ2v) is 22.5. The fraction of sp³-hybridized carbons (Fsp3) is 0.333. The Balaban J connectivity index is 1.26. The monoisotopic (exact) mass is 842 g/mol. The second kappa shape index (κ2) is 13.4. The van der Waals surface area contributed by atoms with Crippen molar-refractivity contribution in [3.63, 3.8) is 0 Å². The Morgan fingerprint density at radius 1 is 0.433 bits per heavy atom. The molecular weight excluding hydrogens is 794 g/mol. The van der Waals surface area contributed by atoms with Gasteiger partial charge in [0, 0.05) is 43.7 Å². The number of hydrogen-bond donors (Lipinski definition) is 0. The van der Waals surface area contributed by atoms with Gasteiger partial charge in [0.2, 0.25) is 0 Å². The van der Waals surface area contributed by atoms with Gasteiger partial charge in [0.1, 0.15) is 10.0 Å². The van der Waals surface area contributed by atoms with E-state index in [0.29, 0.717) is 43.2 Å². The Morgan fingerprint density at radius 3 is 1.08 bits per heavy atom. The zero-order chi connectivity index (χ0) is 43.2. The molecule has 0 aliphatic heterocycles. The maximum atomic E-state index is 15.2. The lowest BCUT2D eigenvalue weighted by Gasteiger charge is -2.21. The smallest absolute Gasteiger partial charge is 0.324 e. The summed E-state index contributed by atoms with van der Waals surface area (Å²) in [6.07, 6.45) is 0. The maximum Gasteiger partial charge on any atom is 0.678 e. The lowest BCUT2D eigenvalue weighted by molar-refractivity contribution is 0.590. The van der Waals surface area contributed by atoms with Crippen molar-refractivity contribution in [1.82, 2.24) is 18.9 Å². The van der Waals surface area contributed by atoms with E-state index < -0.39 is 14.8 Å². The number of rotatable bonds is 4. The minimum absolute atomic E-state index is 0.162. The molecule has 0 fully saturated rings. The van der Waals surface area contributed by atoms with E-state index in [0.717, 1.165) is 73.2 Å². The summed E-state index contributed by atoms with van der Waals surface area (Å²) in [6.45, 7) is 25.6. The first-order valence-electron chi connectivity index (χ1n) is 20.4. The standard InChI is InChI=1S/C48H48B2F4N4S2/c1-45(2,3)25-13-15-37-29(17-25)31-19-27(47(7,8)9)21-33(41(31)57(37)49(51)52)43-55-35-23-40-36(24-39(35)59-43)56-44(60-40)34-22-28(48(10,11)12)20-32-30-18-26(46(4,5)6)14-16-38(30)58(42(32)34)50(53)54/h13-24H,1-12H3. The molecule has 9 rings (SSSR count). The molecule has 0 spiro atoms. The molecule has 4 aromatic heterocycles. The first-order chi connectivity index (χ1) is 27.9. The molecule has 0 aliphatic rings. The summed E-state index contributed by atoms with van der Waals surface area (Å²) in [5, 5.41) is 4.46. The van der Waals surface area contributed by atoms with E-state index in [4.69, 9.17) is 9.97 Å². The van der Waals surface area contributed by atoms with Gasteiger partial charge in [-0.3, -0.25) is 17.3 Å². The van der Waals surface area contributed by atoms with Crippen LogP contribution >= 0.6 is 22.7 Å². The molecule has 0 saturated carbocycles. The van der Waals surface area contributed by atoms with E-state index >= 15 is 17.3 Å². The van der Waals surface area contributed by atoms with Gasteiger partial charge in [-0.05, 0) is 105 Å². The van der Waals surface area contributed by atoms with Crippen LogP contribution in [0.4, 0.5) is 17.3 Å². The van der Waals surface area contributed by atoms with Crippen molar-refractivity contribution in [1.29, 1.82) is 0 Å². The summed E-state index contributed by atoms with van der Waals surface area (Å²) in [5.74, 6) is 0. The molecule has 9 aromatic rings. The highest BCUT2D eigenvalue weighted by molar-refractivity contribution is 7.23. The van der Waals surface area contributed by atoms with Crippen molar-refractivity contribution >= 4 is 102 Å². The van der Waals surface area contributed by atoms with E-state index in [9.17, 15) is 0 Å². The number of benzene rings is 5. The highest BCUT2D eigenvalue weighted by Gasteiger charge is 2.32. The lowest BCUT2D eigenvalue weighted by Crippen LogP contribution is -2.14. The Bertz CT molecular complexity index is 2950. The van der Waals surface area contributed by atoms with Gasteiger partial charge in [-0.25, -0.2) is 9.97 Å². The van der Waals surface area contributed by atoms with Crippen molar-refractivity contribution < 1.29 is 17.3 Å². The highest BCUT2D eigenvalue weighted by Crippen LogP contribution is 2.46. The van der Waals surface area contributed by atoms with Gasteiger partial charge in [-0.2, -0.15) is 0 Å². The van der Waals surface area contributed by atoms with Gasteiger partial charge in [0.15, 0.2) is 0 Å². The summed E-state index contributed by atoms with van der Waals surface area (Å²) in [5.41, 5.74) is 8.08. The van der Waals surface area contributed by atoms with Crippen LogP contribution in [-0.4, -0.2) is 33.7 Å². The molecular formula is C48H48B2F4N4S2. The molecule has 12 heteroatoms. The highest BCUT2D eigenvalue weighted by atomic mass is 32.1. The number of thiazole rings is 2. The second-order valence-electron chi connectivity index (χ2n) is 20.4. The first-order valence-corrected chi connectivity index (χ1v) is 22.1. The maximum absolute atomic E-state index is 15.2. The third-order valence-corrected chi connectivity index (χ3v) is 14.1. The topological polar surface area (TPSA) is 35.6 Å². The van der Waals surface area contributed by atoms with Gasteiger partial charge in [0.05, 0.1) is 31.5 Å². The zero-order valence-electron chi connectivity index (χ0n) is 36.2. The van der Waals surface area contributed by atoms with Gasteiger partial charge < -0.3 is 8.96 Å². The van der Waals surface area contributed by atoms with Crippen molar-refractivity contribution in [2.24, 2.45) is 0 Å². The van der Waals surface area contributed by atoms with Crippen LogP contribution in [0.3, 0.4) is 0 Å². The SMILES string of the molecule is CC(C)(C)c1ccc2c(c1)c1cc(C(C)(C)C)cc(-c3nc4cc5sc(-c6cc(C(C)(C)C)cc7c8cc(C(C)(C)C)ccc8n(B(F)F)c67)nc5cc4s3)c1n2B(F)F. The number of fused-ring (bicyclic) bond motifs is 8. The number of nitrogens with zero attached hydrogens (tertiary/aromatic N) is 4. The van der Waals surface area contributed by atoms with Gasteiger partial charge >= 0.3 is 14.8 Å². The largest absolute Gasteiger partial charge is 0.678 e. The van der Waals surface area contributed by atoms with Crippen molar-refractivity contribution in [2.45, 2.75) is 105 Å². The number of hydrogen-bond acceptors (Lipinski definition) is 4. The quantitative estimate of drug-likeness (QED) is 0.131.